The minimum atomic E-state index is 0.210. The van der Waals surface area contributed by atoms with E-state index in [-0.39, 0.29) is 5.28 Å². The van der Waals surface area contributed by atoms with Gasteiger partial charge in [-0.3, -0.25) is 0 Å². The summed E-state index contributed by atoms with van der Waals surface area (Å²) in [6.07, 6.45) is 3.31. The van der Waals surface area contributed by atoms with Crippen LogP contribution in [0.2, 0.25) is 5.28 Å². The molecule has 2 rings (SSSR count). The lowest BCUT2D eigenvalue weighted by atomic mass is 10.2. The quantitative estimate of drug-likeness (QED) is 0.667. The van der Waals surface area contributed by atoms with Gasteiger partial charge in [0.2, 0.25) is 5.28 Å². The molecule has 0 bridgehead atoms. The second-order valence-corrected chi connectivity index (χ2v) is 4.25. The lowest BCUT2D eigenvalue weighted by Crippen LogP contribution is -1.98. The number of aryl methyl sites for hydroxylation is 1. The van der Waals surface area contributed by atoms with Gasteiger partial charge in [0, 0.05) is 18.0 Å². The molecule has 1 N–H and O–H groups in total. The summed E-state index contributed by atoms with van der Waals surface area (Å²) in [5.74, 6) is 1.41. The number of nitrogens with zero attached hydrogens (tertiary/aromatic N) is 2. The standard InChI is InChI=1S/C14H14ClN3O/c1-3-8-19-11-5-4-10(2)12(9-11)17-13-6-7-16-14(15)18-13/h3-7,9H,1,8H2,2H3,(H,16,17,18). The Morgan fingerprint density at radius 3 is 3.00 bits per heavy atom. The molecular weight excluding hydrogens is 262 g/mol. The third kappa shape index (κ3) is 3.69. The Balaban J connectivity index is 2.21. The van der Waals surface area contributed by atoms with Gasteiger partial charge in [-0.15, -0.1) is 0 Å². The summed E-state index contributed by atoms with van der Waals surface area (Å²) in [6, 6.07) is 7.55. The predicted octanol–water partition coefficient (Wildman–Crippen LogP) is 3.75. The Bertz CT molecular complexity index is 587. The molecule has 1 heterocycles. The lowest BCUT2D eigenvalue weighted by Gasteiger charge is -2.11. The van der Waals surface area contributed by atoms with E-state index in [1.807, 2.05) is 25.1 Å². The predicted molar refractivity (Wildman–Crippen MR) is 77.2 cm³/mol. The zero-order chi connectivity index (χ0) is 13.7. The minimum Gasteiger partial charge on any atom is -0.489 e. The van der Waals surface area contributed by atoms with E-state index in [1.165, 1.54) is 0 Å². The fraction of sp³-hybridized carbons (Fsp3) is 0.143. The summed E-state index contributed by atoms with van der Waals surface area (Å²) >= 11 is 5.75. The van der Waals surface area contributed by atoms with Crippen LogP contribution >= 0.6 is 11.6 Å². The number of rotatable bonds is 5. The van der Waals surface area contributed by atoms with Crippen molar-refractivity contribution in [2.45, 2.75) is 6.92 Å². The van der Waals surface area contributed by atoms with Crippen molar-refractivity contribution < 1.29 is 4.74 Å². The van der Waals surface area contributed by atoms with Crippen molar-refractivity contribution in [3.8, 4) is 5.75 Å². The van der Waals surface area contributed by atoms with Crippen LogP contribution in [0.4, 0.5) is 11.5 Å². The summed E-state index contributed by atoms with van der Waals surface area (Å²) in [4.78, 5) is 7.93. The molecule has 0 radical (unpaired) electrons. The lowest BCUT2D eigenvalue weighted by molar-refractivity contribution is 0.363. The van der Waals surface area contributed by atoms with E-state index in [0.717, 1.165) is 17.0 Å². The second kappa shape index (κ2) is 6.20. The molecule has 5 heteroatoms. The van der Waals surface area contributed by atoms with Crippen molar-refractivity contribution in [3.05, 3.63) is 54.0 Å². The molecule has 0 fully saturated rings. The largest absolute Gasteiger partial charge is 0.489 e. The molecule has 0 amide bonds. The normalized spacial score (nSPS) is 10.0. The molecule has 0 aliphatic heterocycles. The van der Waals surface area contributed by atoms with Crippen molar-refractivity contribution in [2.75, 3.05) is 11.9 Å². The average Bonchev–Trinajstić information content (AvgIpc) is 2.40. The highest BCUT2D eigenvalue weighted by Crippen LogP contribution is 2.25. The van der Waals surface area contributed by atoms with Crippen LogP contribution in [-0.4, -0.2) is 16.6 Å². The maximum Gasteiger partial charge on any atom is 0.224 e. The van der Waals surface area contributed by atoms with Gasteiger partial charge in [-0.25, -0.2) is 9.97 Å². The van der Waals surface area contributed by atoms with Crippen LogP contribution in [0.15, 0.2) is 43.1 Å². The molecule has 4 nitrogen and oxygen atoms in total. The molecule has 0 aliphatic carbocycles. The number of hydrogen-bond donors (Lipinski definition) is 1. The van der Waals surface area contributed by atoms with Crippen LogP contribution in [0.3, 0.4) is 0 Å². The van der Waals surface area contributed by atoms with Crippen molar-refractivity contribution in [1.82, 2.24) is 9.97 Å². The van der Waals surface area contributed by atoms with Gasteiger partial charge in [-0.2, -0.15) is 0 Å². The molecule has 0 atom stereocenters. The van der Waals surface area contributed by atoms with Crippen LogP contribution in [-0.2, 0) is 0 Å². The monoisotopic (exact) mass is 275 g/mol. The smallest absolute Gasteiger partial charge is 0.224 e. The minimum absolute atomic E-state index is 0.210. The number of anilines is 2. The Hall–Kier alpha value is -2.07. The Labute approximate surface area is 117 Å². The van der Waals surface area contributed by atoms with Crippen molar-refractivity contribution in [2.24, 2.45) is 0 Å². The van der Waals surface area contributed by atoms with E-state index >= 15 is 0 Å². The average molecular weight is 276 g/mol. The summed E-state index contributed by atoms with van der Waals surface area (Å²) in [6.45, 7) is 6.10. The molecule has 0 unspecified atom stereocenters. The molecule has 1 aromatic heterocycles. The van der Waals surface area contributed by atoms with E-state index in [4.69, 9.17) is 16.3 Å². The maximum absolute atomic E-state index is 5.75. The van der Waals surface area contributed by atoms with Gasteiger partial charge in [0.25, 0.3) is 0 Å². The van der Waals surface area contributed by atoms with Crippen molar-refractivity contribution in [3.63, 3.8) is 0 Å². The molecule has 0 saturated carbocycles. The van der Waals surface area contributed by atoms with Crippen LogP contribution in [0.5, 0.6) is 5.75 Å². The van der Waals surface area contributed by atoms with Crippen LogP contribution in [0, 0.1) is 6.92 Å². The number of hydrogen-bond acceptors (Lipinski definition) is 4. The molecule has 2 aromatic rings. The second-order valence-electron chi connectivity index (χ2n) is 3.91. The number of halogens is 1. The molecule has 0 spiro atoms. The zero-order valence-corrected chi connectivity index (χ0v) is 11.3. The number of benzene rings is 1. The van der Waals surface area contributed by atoms with Gasteiger partial charge in [0.15, 0.2) is 0 Å². The first-order valence-electron chi connectivity index (χ1n) is 5.79. The Morgan fingerprint density at radius 2 is 2.26 bits per heavy atom. The number of ether oxygens (including phenoxy) is 1. The van der Waals surface area contributed by atoms with Gasteiger partial charge in [-0.1, -0.05) is 18.7 Å². The first-order chi connectivity index (χ1) is 9.19. The number of aromatic nitrogens is 2. The SMILES string of the molecule is C=CCOc1ccc(C)c(Nc2ccnc(Cl)n2)c1. The molecule has 19 heavy (non-hydrogen) atoms. The highest BCUT2D eigenvalue weighted by molar-refractivity contribution is 6.28. The van der Waals surface area contributed by atoms with Gasteiger partial charge < -0.3 is 10.1 Å². The summed E-state index contributed by atoms with van der Waals surface area (Å²) in [7, 11) is 0. The first-order valence-corrected chi connectivity index (χ1v) is 6.17. The fourth-order valence-corrected chi connectivity index (χ4v) is 1.67. The Morgan fingerprint density at radius 1 is 1.42 bits per heavy atom. The van der Waals surface area contributed by atoms with Gasteiger partial charge in [-0.05, 0) is 36.2 Å². The Kier molecular flexibility index (Phi) is 4.36. The maximum atomic E-state index is 5.75. The van der Waals surface area contributed by atoms with Gasteiger partial charge in [0.05, 0.1) is 0 Å². The highest BCUT2D eigenvalue weighted by atomic mass is 35.5. The molecular formula is C14H14ClN3O. The summed E-state index contributed by atoms with van der Waals surface area (Å²) < 4.78 is 5.50. The van der Waals surface area contributed by atoms with E-state index < -0.39 is 0 Å². The molecule has 98 valence electrons. The third-order valence-electron chi connectivity index (χ3n) is 2.47. The molecule has 0 aliphatic rings. The van der Waals surface area contributed by atoms with Crippen molar-refractivity contribution >= 4 is 23.1 Å². The fourth-order valence-electron chi connectivity index (χ4n) is 1.52. The molecule has 1 aromatic carbocycles. The highest BCUT2D eigenvalue weighted by Gasteiger charge is 2.03. The molecule has 0 saturated heterocycles. The summed E-state index contributed by atoms with van der Waals surface area (Å²) in [5, 5.41) is 3.40. The van der Waals surface area contributed by atoms with Crippen LogP contribution in [0.1, 0.15) is 5.56 Å². The van der Waals surface area contributed by atoms with Gasteiger partial charge in [0.1, 0.15) is 18.2 Å². The van der Waals surface area contributed by atoms with Gasteiger partial charge >= 0.3 is 0 Å². The van der Waals surface area contributed by atoms with E-state index in [9.17, 15) is 0 Å². The van der Waals surface area contributed by atoms with E-state index in [0.29, 0.717) is 12.4 Å². The summed E-state index contributed by atoms with van der Waals surface area (Å²) in [5.41, 5.74) is 2.00. The van der Waals surface area contributed by atoms with Crippen LogP contribution < -0.4 is 10.1 Å². The number of nitrogens with one attached hydrogen (secondary N) is 1. The van der Waals surface area contributed by atoms with Crippen molar-refractivity contribution in [1.29, 1.82) is 0 Å². The van der Waals surface area contributed by atoms with Crippen LogP contribution in [0.25, 0.3) is 0 Å². The third-order valence-corrected chi connectivity index (χ3v) is 2.65. The first kappa shape index (κ1) is 13.4. The van der Waals surface area contributed by atoms with E-state index in [1.54, 1.807) is 18.3 Å². The van der Waals surface area contributed by atoms with E-state index in [2.05, 4.69) is 21.9 Å². The topological polar surface area (TPSA) is 47.0 Å². The zero-order valence-electron chi connectivity index (χ0n) is 10.6.